The van der Waals surface area contributed by atoms with Gasteiger partial charge in [0.1, 0.15) is 11.9 Å². The van der Waals surface area contributed by atoms with Gasteiger partial charge in [-0.3, -0.25) is 0 Å². The van der Waals surface area contributed by atoms with Crippen molar-refractivity contribution in [1.29, 1.82) is 5.26 Å². The van der Waals surface area contributed by atoms with Crippen LogP contribution in [-0.4, -0.2) is 24.5 Å². The fourth-order valence-corrected chi connectivity index (χ4v) is 4.38. The number of thioether (sulfide) groups is 1. The Kier molecular flexibility index (Phi) is 6.29. The van der Waals surface area contributed by atoms with E-state index in [1.54, 1.807) is 11.8 Å². The van der Waals surface area contributed by atoms with Crippen molar-refractivity contribution >= 4 is 11.8 Å². The summed E-state index contributed by atoms with van der Waals surface area (Å²) in [5.74, 6) is 1.45. The highest BCUT2D eigenvalue weighted by molar-refractivity contribution is 7.98. The first-order valence-corrected chi connectivity index (χ1v) is 10.9. The van der Waals surface area contributed by atoms with E-state index in [4.69, 9.17) is 0 Å². The second-order valence-corrected chi connectivity index (χ2v) is 7.96. The maximum Gasteiger partial charge on any atom is 0.191 e. The van der Waals surface area contributed by atoms with Crippen LogP contribution < -0.4 is 0 Å². The predicted octanol–water partition coefficient (Wildman–Crippen LogP) is 4.71. The first-order chi connectivity index (χ1) is 15.2. The third-order valence-corrected chi connectivity index (χ3v) is 5.89. The van der Waals surface area contributed by atoms with Gasteiger partial charge in [-0.2, -0.15) is 10.4 Å². The second-order valence-electron chi connectivity index (χ2n) is 7.02. The molecule has 0 radical (unpaired) electrons. The number of para-hydroxylation sites is 1. The fourth-order valence-electron chi connectivity index (χ4n) is 3.42. The Hall–Kier alpha value is -3.63. The van der Waals surface area contributed by atoms with Crippen molar-refractivity contribution in [1.82, 2.24) is 24.5 Å². The van der Waals surface area contributed by atoms with E-state index in [0.29, 0.717) is 24.3 Å². The summed E-state index contributed by atoms with van der Waals surface area (Å²) in [6.45, 7) is 6.37. The van der Waals surface area contributed by atoms with Crippen molar-refractivity contribution in [3.05, 3.63) is 102 Å². The lowest BCUT2D eigenvalue weighted by Gasteiger charge is -2.10. The maximum absolute atomic E-state index is 9.70. The first-order valence-electron chi connectivity index (χ1n) is 9.95. The van der Waals surface area contributed by atoms with E-state index in [1.807, 2.05) is 66.2 Å². The van der Waals surface area contributed by atoms with E-state index >= 15 is 0 Å². The van der Waals surface area contributed by atoms with Crippen molar-refractivity contribution in [2.75, 3.05) is 0 Å². The van der Waals surface area contributed by atoms with E-state index in [-0.39, 0.29) is 0 Å². The van der Waals surface area contributed by atoms with Crippen LogP contribution in [0.1, 0.15) is 28.3 Å². The lowest BCUT2D eigenvalue weighted by Crippen LogP contribution is -2.06. The third-order valence-electron chi connectivity index (χ3n) is 4.92. The van der Waals surface area contributed by atoms with Crippen LogP contribution in [0.3, 0.4) is 0 Å². The van der Waals surface area contributed by atoms with Crippen LogP contribution in [0.25, 0.3) is 5.69 Å². The highest BCUT2D eigenvalue weighted by Crippen LogP contribution is 2.27. The summed E-state index contributed by atoms with van der Waals surface area (Å²) in [4.78, 5) is 0. The zero-order chi connectivity index (χ0) is 21.6. The number of hydrogen-bond acceptors (Lipinski definition) is 5. The normalized spacial score (nSPS) is 10.7. The van der Waals surface area contributed by atoms with Crippen LogP contribution >= 0.6 is 11.8 Å². The monoisotopic (exact) mass is 426 g/mol. The van der Waals surface area contributed by atoms with Gasteiger partial charge < -0.3 is 4.57 Å². The second kappa shape index (κ2) is 9.45. The highest BCUT2D eigenvalue weighted by atomic mass is 32.2. The van der Waals surface area contributed by atoms with E-state index < -0.39 is 0 Å². The van der Waals surface area contributed by atoms with Gasteiger partial charge in [0.25, 0.3) is 0 Å². The minimum absolute atomic E-state index is 0.555. The Bertz CT molecular complexity index is 1220. The average Bonchev–Trinajstić information content (AvgIpc) is 3.33. The van der Waals surface area contributed by atoms with Gasteiger partial charge in [-0.1, -0.05) is 66.4 Å². The summed E-state index contributed by atoms with van der Waals surface area (Å²) in [6, 6.07) is 22.4. The van der Waals surface area contributed by atoms with Crippen LogP contribution in [0.2, 0.25) is 0 Å². The number of aromatic nitrogens is 5. The van der Waals surface area contributed by atoms with Gasteiger partial charge in [0.05, 0.1) is 22.6 Å². The molecule has 7 heteroatoms. The lowest BCUT2D eigenvalue weighted by atomic mass is 10.1. The molecule has 31 heavy (non-hydrogen) atoms. The molecule has 0 aliphatic heterocycles. The number of nitrogens with zero attached hydrogens (tertiary/aromatic N) is 6. The molecule has 2 heterocycles. The zero-order valence-corrected chi connectivity index (χ0v) is 18.1. The minimum Gasteiger partial charge on any atom is -0.302 e. The van der Waals surface area contributed by atoms with Gasteiger partial charge in [-0.15, -0.1) is 16.8 Å². The Labute approximate surface area is 185 Å². The zero-order valence-electron chi connectivity index (χ0n) is 17.3. The number of nitriles is 1. The van der Waals surface area contributed by atoms with Crippen molar-refractivity contribution in [2.45, 2.75) is 30.8 Å². The van der Waals surface area contributed by atoms with Crippen molar-refractivity contribution < 1.29 is 0 Å². The van der Waals surface area contributed by atoms with Crippen molar-refractivity contribution in [2.24, 2.45) is 0 Å². The van der Waals surface area contributed by atoms with Crippen LogP contribution in [-0.2, 0) is 18.7 Å². The molecular formula is C24H22N6S. The van der Waals surface area contributed by atoms with Crippen molar-refractivity contribution in [3.8, 4) is 11.8 Å². The Morgan fingerprint density at radius 3 is 2.45 bits per heavy atom. The molecule has 0 fully saturated rings. The molecule has 0 atom stereocenters. The molecule has 0 unspecified atom stereocenters. The van der Waals surface area contributed by atoms with Crippen LogP contribution in [0, 0.1) is 18.3 Å². The van der Waals surface area contributed by atoms with Crippen LogP contribution in [0.5, 0.6) is 0 Å². The molecule has 0 N–H and O–H groups in total. The minimum atomic E-state index is 0.555. The van der Waals surface area contributed by atoms with E-state index in [0.717, 1.165) is 28.1 Å². The van der Waals surface area contributed by atoms with Crippen LogP contribution in [0.15, 0.2) is 78.5 Å². The van der Waals surface area contributed by atoms with E-state index in [1.165, 1.54) is 5.56 Å². The number of allylic oxidation sites excluding steroid dienone is 1. The van der Waals surface area contributed by atoms with Gasteiger partial charge in [-0.25, -0.2) is 4.68 Å². The molecule has 0 amide bonds. The summed E-state index contributed by atoms with van der Waals surface area (Å²) in [5, 5.41) is 24.0. The van der Waals surface area contributed by atoms with E-state index in [9.17, 15) is 5.26 Å². The van der Waals surface area contributed by atoms with Crippen LogP contribution in [0.4, 0.5) is 0 Å². The molecule has 2 aromatic heterocycles. The predicted molar refractivity (Wildman–Crippen MR) is 122 cm³/mol. The molecule has 0 saturated carbocycles. The van der Waals surface area contributed by atoms with Gasteiger partial charge in [0, 0.05) is 18.7 Å². The van der Waals surface area contributed by atoms with E-state index in [2.05, 4.69) is 44.6 Å². The molecular weight excluding hydrogens is 404 g/mol. The lowest BCUT2D eigenvalue weighted by molar-refractivity contribution is 0.690. The highest BCUT2D eigenvalue weighted by Gasteiger charge is 2.19. The van der Waals surface area contributed by atoms with Gasteiger partial charge in [0.15, 0.2) is 5.16 Å². The Balaban J connectivity index is 1.63. The standard InChI is InChI=1S/C24H22N6S/c1-3-14-29-23(15-19-10-6-4-7-11-19)26-27-24(29)31-17-22-21(16-25)18(2)28-30(22)20-12-8-5-9-13-20/h3-13H,1,14-15,17H2,2H3. The average molecular weight is 427 g/mol. The molecule has 0 saturated heterocycles. The van der Waals surface area contributed by atoms with Crippen molar-refractivity contribution in [3.63, 3.8) is 0 Å². The molecule has 0 aliphatic rings. The summed E-state index contributed by atoms with van der Waals surface area (Å²) in [6.07, 6.45) is 2.55. The quantitative estimate of drug-likeness (QED) is 0.301. The molecule has 4 rings (SSSR count). The number of rotatable bonds is 8. The molecule has 2 aromatic carbocycles. The fraction of sp³-hybridized carbons (Fsp3) is 0.167. The largest absolute Gasteiger partial charge is 0.302 e. The smallest absolute Gasteiger partial charge is 0.191 e. The summed E-state index contributed by atoms with van der Waals surface area (Å²) in [7, 11) is 0. The van der Waals surface area contributed by atoms with Gasteiger partial charge in [0.2, 0.25) is 0 Å². The molecule has 154 valence electrons. The number of aryl methyl sites for hydroxylation is 1. The molecule has 6 nitrogen and oxygen atoms in total. The maximum atomic E-state index is 9.70. The summed E-state index contributed by atoms with van der Waals surface area (Å²) in [5.41, 5.74) is 4.30. The number of hydrogen-bond donors (Lipinski definition) is 0. The Morgan fingerprint density at radius 1 is 1.06 bits per heavy atom. The SMILES string of the molecule is C=CCn1c(Cc2ccccc2)nnc1SCc1c(C#N)c(C)nn1-c1ccccc1. The summed E-state index contributed by atoms with van der Waals surface area (Å²) >= 11 is 1.55. The third kappa shape index (κ3) is 4.44. The van der Waals surface area contributed by atoms with Gasteiger partial charge in [-0.05, 0) is 24.6 Å². The first kappa shape index (κ1) is 20.6. The molecule has 0 spiro atoms. The Morgan fingerprint density at radius 2 is 1.77 bits per heavy atom. The summed E-state index contributed by atoms with van der Waals surface area (Å²) < 4.78 is 3.92. The molecule has 0 aliphatic carbocycles. The topological polar surface area (TPSA) is 72.3 Å². The molecule has 0 bridgehead atoms. The number of benzene rings is 2. The molecule has 4 aromatic rings. The van der Waals surface area contributed by atoms with Gasteiger partial charge >= 0.3 is 0 Å².